The number of carboxylic acids is 1. The third-order valence-corrected chi connectivity index (χ3v) is 3.70. The largest absolute Gasteiger partial charge is 0.480 e. The predicted molar refractivity (Wildman–Crippen MR) is 73.2 cm³/mol. The van der Waals surface area contributed by atoms with Crippen LogP contribution in [0.25, 0.3) is 0 Å². The molecule has 106 valence electrons. The van der Waals surface area contributed by atoms with Gasteiger partial charge in [-0.25, -0.2) is 4.68 Å². The first kappa shape index (κ1) is 14.8. The number of nitrogens with one attached hydrogen (secondary N) is 1. The summed E-state index contributed by atoms with van der Waals surface area (Å²) in [5.41, 5.74) is 0.733. The number of thiophene rings is 1. The first-order valence-corrected chi connectivity index (χ1v) is 6.87. The highest BCUT2D eigenvalue weighted by Crippen LogP contribution is 2.30. The van der Waals surface area contributed by atoms with E-state index >= 15 is 0 Å². The second kappa shape index (κ2) is 6.21. The summed E-state index contributed by atoms with van der Waals surface area (Å²) in [6.07, 6.45) is 1.44. The van der Waals surface area contributed by atoms with Gasteiger partial charge in [0.2, 0.25) is 0 Å². The average molecular weight is 335 g/mol. The van der Waals surface area contributed by atoms with E-state index < -0.39 is 5.97 Å². The number of hydrogen-bond acceptors (Lipinski definition) is 5. The number of halogens is 2. The molecule has 0 spiro atoms. The zero-order valence-corrected chi connectivity index (χ0v) is 12.2. The van der Waals surface area contributed by atoms with Crippen molar-refractivity contribution in [2.24, 2.45) is 0 Å². The van der Waals surface area contributed by atoms with Crippen LogP contribution in [0.3, 0.4) is 0 Å². The minimum atomic E-state index is -1.02. The fourth-order valence-corrected chi connectivity index (χ4v) is 2.85. The Kier molecular flexibility index (Phi) is 4.58. The maximum atomic E-state index is 11.8. The molecule has 0 radical (unpaired) electrons. The summed E-state index contributed by atoms with van der Waals surface area (Å²) in [4.78, 5) is 22.3. The fourth-order valence-electron chi connectivity index (χ4n) is 1.40. The van der Waals surface area contributed by atoms with E-state index in [2.05, 4.69) is 15.6 Å². The molecule has 0 unspecified atom stereocenters. The molecular formula is C10H8Cl2N4O3S. The van der Waals surface area contributed by atoms with Crippen LogP contribution >= 0.6 is 34.5 Å². The van der Waals surface area contributed by atoms with Crippen molar-refractivity contribution >= 4 is 46.4 Å². The van der Waals surface area contributed by atoms with Crippen molar-refractivity contribution in [3.63, 3.8) is 0 Å². The first-order chi connectivity index (χ1) is 9.45. The third kappa shape index (κ3) is 3.69. The number of carboxylic acid groups (broad SMARTS) is 1. The van der Waals surface area contributed by atoms with Gasteiger partial charge in [0.15, 0.2) is 0 Å². The standard InChI is InChI=1S/C10H8Cl2N4O3S/c11-7-1-6(9(12)20-7)10(19)13-2-5-3-16(15-14-5)4-8(17)18/h1,3H,2,4H2,(H,13,19)(H,17,18). The number of carbonyl (C=O) groups is 2. The molecule has 0 aliphatic rings. The van der Waals surface area contributed by atoms with Crippen molar-refractivity contribution in [1.82, 2.24) is 20.3 Å². The monoisotopic (exact) mass is 334 g/mol. The lowest BCUT2D eigenvalue weighted by atomic mass is 10.3. The molecule has 20 heavy (non-hydrogen) atoms. The molecule has 2 N–H and O–H groups in total. The molecule has 1 amide bonds. The lowest BCUT2D eigenvalue weighted by Crippen LogP contribution is -2.22. The van der Waals surface area contributed by atoms with Crippen LogP contribution in [0.4, 0.5) is 0 Å². The van der Waals surface area contributed by atoms with Crippen LogP contribution in [0.2, 0.25) is 8.67 Å². The molecule has 0 fully saturated rings. The van der Waals surface area contributed by atoms with E-state index in [9.17, 15) is 9.59 Å². The molecule has 2 aromatic rings. The van der Waals surface area contributed by atoms with Crippen LogP contribution in [-0.4, -0.2) is 32.0 Å². The Morgan fingerprint density at radius 1 is 1.45 bits per heavy atom. The molecular weight excluding hydrogens is 327 g/mol. The van der Waals surface area contributed by atoms with Gasteiger partial charge in [-0.3, -0.25) is 9.59 Å². The summed E-state index contributed by atoms with van der Waals surface area (Å²) in [6.45, 7) is -0.171. The summed E-state index contributed by atoms with van der Waals surface area (Å²) in [7, 11) is 0. The molecule has 7 nitrogen and oxygen atoms in total. The van der Waals surface area contributed by atoms with Gasteiger partial charge in [0, 0.05) is 0 Å². The number of hydrogen-bond donors (Lipinski definition) is 2. The number of rotatable bonds is 5. The highest BCUT2D eigenvalue weighted by Gasteiger charge is 2.14. The smallest absolute Gasteiger partial charge is 0.325 e. The van der Waals surface area contributed by atoms with Crippen LogP contribution < -0.4 is 5.32 Å². The lowest BCUT2D eigenvalue weighted by molar-refractivity contribution is -0.137. The van der Waals surface area contributed by atoms with Gasteiger partial charge < -0.3 is 10.4 Å². The van der Waals surface area contributed by atoms with Crippen molar-refractivity contribution in [3.05, 3.63) is 32.2 Å². The van der Waals surface area contributed by atoms with E-state index in [1.807, 2.05) is 0 Å². The lowest BCUT2D eigenvalue weighted by Gasteiger charge is -2.00. The Morgan fingerprint density at radius 3 is 2.80 bits per heavy atom. The minimum Gasteiger partial charge on any atom is -0.480 e. The maximum Gasteiger partial charge on any atom is 0.325 e. The number of aliphatic carboxylic acids is 1. The zero-order chi connectivity index (χ0) is 14.7. The molecule has 10 heteroatoms. The van der Waals surface area contributed by atoms with E-state index in [0.717, 1.165) is 16.0 Å². The van der Waals surface area contributed by atoms with Gasteiger partial charge in [0.25, 0.3) is 5.91 Å². The quantitative estimate of drug-likeness (QED) is 0.866. The summed E-state index contributed by atoms with van der Waals surface area (Å²) in [5.74, 6) is -1.41. The first-order valence-electron chi connectivity index (χ1n) is 5.29. The van der Waals surface area contributed by atoms with E-state index in [1.54, 1.807) is 0 Å². The van der Waals surface area contributed by atoms with Crippen LogP contribution in [0, 0.1) is 0 Å². The second-order valence-corrected chi connectivity index (χ2v) is 6.01. The number of amides is 1. The Bertz CT molecular complexity index is 655. The highest BCUT2D eigenvalue weighted by atomic mass is 35.5. The molecule has 2 aromatic heterocycles. The van der Waals surface area contributed by atoms with Crippen LogP contribution in [0.1, 0.15) is 16.1 Å². The second-order valence-electron chi connectivity index (χ2n) is 3.72. The summed E-state index contributed by atoms with van der Waals surface area (Å²) >= 11 is 12.7. The summed E-state index contributed by atoms with van der Waals surface area (Å²) < 4.78 is 1.90. The summed E-state index contributed by atoms with van der Waals surface area (Å²) in [6, 6.07) is 1.48. The van der Waals surface area contributed by atoms with Gasteiger partial charge in [-0.05, 0) is 6.07 Å². The van der Waals surface area contributed by atoms with Crippen LogP contribution in [0.15, 0.2) is 12.3 Å². The Hall–Kier alpha value is -1.64. The van der Waals surface area contributed by atoms with Gasteiger partial charge >= 0.3 is 5.97 Å². The topological polar surface area (TPSA) is 97.1 Å². The molecule has 2 rings (SSSR count). The van der Waals surface area contributed by atoms with Crippen LogP contribution in [-0.2, 0) is 17.9 Å². The normalized spacial score (nSPS) is 10.5. The zero-order valence-electron chi connectivity index (χ0n) is 9.84. The number of carbonyl (C=O) groups excluding carboxylic acids is 1. The van der Waals surface area contributed by atoms with Crippen molar-refractivity contribution < 1.29 is 14.7 Å². The third-order valence-electron chi connectivity index (χ3n) is 2.21. The molecule has 0 saturated heterocycles. The average Bonchev–Trinajstić information content (AvgIpc) is 2.92. The van der Waals surface area contributed by atoms with E-state index in [4.69, 9.17) is 28.3 Å². The SMILES string of the molecule is O=C(O)Cn1cc(CNC(=O)c2cc(Cl)sc2Cl)nn1. The molecule has 0 atom stereocenters. The van der Waals surface area contributed by atoms with Crippen molar-refractivity contribution in [1.29, 1.82) is 0 Å². The van der Waals surface area contributed by atoms with Crippen molar-refractivity contribution in [2.75, 3.05) is 0 Å². The molecule has 0 saturated carbocycles. The minimum absolute atomic E-state index is 0.113. The predicted octanol–water partition coefficient (Wildman–Crippen LogP) is 1.66. The van der Waals surface area contributed by atoms with E-state index in [1.165, 1.54) is 12.3 Å². The van der Waals surface area contributed by atoms with Gasteiger partial charge in [0.1, 0.15) is 16.6 Å². The van der Waals surface area contributed by atoms with E-state index in [0.29, 0.717) is 19.9 Å². The van der Waals surface area contributed by atoms with Crippen LogP contribution in [0.5, 0.6) is 0 Å². The fraction of sp³-hybridized carbons (Fsp3) is 0.200. The van der Waals surface area contributed by atoms with Crippen molar-refractivity contribution in [2.45, 2.75) is 13.1 Å². The Labute approximate surface area is 127 Å². The summed E-state index contributed by atoms with van der Waals surface area (Å²) in [5, 5.41) is 18.5. The van der Waals surface area contributed by atoms with Crippen molar-refractivity contribution in [3.8, 4) is 0 Å². The van der Waals surface area contributed by atoms with Gasteiger partial charge in [-0.1, -0.05) is 28.4 Å². The van der Waals surface area contributed by atoms with Gasteiger partial charge in [0.05, 0.1) is 22.6 Å². The number of nitrogens with zero attached hydrogens (tertiary/aromatic N) is 3. The van der Waals surface area contributed by atoms with E-state index in [-0.39, 0.29) is 19.0 Å². The molecule has 0 aromatic carbocycles. The molecule has 0 aliphatic carbocycles. The highest BCUT2D eigenvalue weighted by molar-refractivity contribution is 7.20. The Morgan fingerprint density at radius 2 is 2.20 bits per heavy atom. The van der Waals surface area contributed by atoms with Gasteiger partial charge in [-0.2, -0.15) is 0 Å². The molecule has 2 heterocycles. The molecule has 0 bridgehead atoms. The van der Waals surface area contributed by atoms with Gasteiger partial charge in [-0.15, -0.1) is 16.4 Å². The maximum absolute atomic E-state index is 11.8. The number of aromatic nitrogens is 3. The Balaban J connectivity index is 1.95. The molecule has 0 aliphatic heterocycles.